The smallest absolute Gasteiger partial charge is 0.407 e. The van der Waals surface area contributed by atoms with Crippen molar-refractivity contribution in [1.82, 2.24) is 10.6 Å². The van der Waals surface area contributed by atoms with Crippen LogP contribution in [-0.2, 0) is 14.3 Å². The Hall–Kier alpha value is -3.35. The van der Waals surface area contributed by atoms with Gasteiger partial charge in [0, 0.05) is 25.4 Å². The van der Waals surface area contributed by atoms with Crippen molar-refractivity contribution in [3.05, 3.63) is 59.7 Å². The summed E-state index contributed by atoms with van der Waals surface area (Å²) >= 11 is 0. The number of ether oxygens (including phenoxy) is 1. The van der Waals surface area contributed by atoms with Crippen molar-refractivity contribution in [2.75, 3.05) is 19.7 Å². The monoisotopic (exact) mass is 480 g/mol. The number of amides is 2. The second-order valence-electron chi connectivity index (χ2n) is 9.91. The van der Waals surface area contributed by atoms with Crippen LogP contribution in [0, 0.1) is 17.3 Å². The van der Waals surface area contributed by atoms with Crippen LogP contribution in [0.5, 0.6) is 0 Å². The van der Waals surface area contributed by atoms with Crippen molar-refractivity contribution in [3.8, 4) is 11.1 Å². The minimum Gasteiger partial charge on any atom is -0.481 e. The number of carboxylic acid groups (broad SMARTS) is 1. The number of carbonyl (C=O) groups is 3. The number of aliphatic carboxylic acids is 1. The van der Waals surface area contributed by atoms with Crippen LogP contribution in [0.1, 0.15) is 57.6 Å². The average Bonchev–Trinajstić information content (AvgIpc) is 3.17. The lowest BCUT2D eigenvalue weighted by atomic mass is 9.87. The van der Waals surface area contributed by atoms with Gasteiger partial charge in [0.25, 0.3) is 0 Å². The molecule has 0 fully saturated rings. The zero-order chi connectivity index (χ0) is 25.6. The molecule has 35 heavy (non-hydrogen) atoms. The summed E-state index contributed by atoms with van der Waals surface area (Å²) in [6.07, 6.45) is 0.0997. The van der Waals surface area contributed by atoms with E-state index in [1.165, 1.54) is 11.1 Å². The Kier molecular flexibility index (Phi) is 8.54. The third-order valence-electron chi connectivity index (χ3n) is 7.22. The molecule has 3 N–H and O–H groups in total. The van der Waals surface area contributed by atoms with E-state index in [4.69, 9.17) is 4.74 Å². The summed E-state index contributed by atoms with van der Waals surface area (Å²) in [6, 6.07) is 16.3. The van der Waals surface area contributed by atoms with Gasteiger partial charge in [-0.3, -0.25) is 9.59 Å². The fraction of sp³-hybridized carbons (Fsp3) is 0.464. The molecule has 0 heterocycles. The molecule has 2 aromatic rings. The molecule has 0 spiro atoms. The van der Waals surface area contributed by atoms with E-state index < -0.39 is 17.5 Å². The summed E-state index contributed by atoms with van der Waals surface area (Å²) in [4.78, 5) is 36.4. The maximum absolute atomic E-state index is 12.5. The Morgan fingerprint density at radius 1 is 1.00 bits per heavy atom. The predicted molar refractivity (Wildman–Crippen MR) is 135 cm³/mol. The molecule has 7 heteroatoms. The lowest BCUT2D eigenvalue weighted by Crippen LogP contribution is -2.42. The molecule has 3 rings (SSSR count). The number of carbonyl (C=O) groups excluding carboxylic acids is 2. The third-order valence-corrected chi connectivity index (χ3v) is 7.22. The van der Waals surface area contributed by atoms with E-state index in [1.807, 2.05) is 38.1 Å². The van der Waals surface area contributed by atoms with Crippen LogP contribution in [0.15, 0.2) is 48.5 Å². The second-order valence-corrected chi connectivity index (χ2v) is 9.91. The Morgan fingerprint density at radius 3 is 2.09 bits per heavy atom. The Balaban J connectivity index is 1.52. The summed E-state index contributed by atoms with van der Waals surface area (Å²) in [6.45, 7) is 7.99. The van der Waals surface area contributed by atoms with Gasteiger partial charge in [0.05, 0.1) is 5.41 Å². The number of alkyl carbamates (subject to hydrolysis) is 1. The fourth-order valence-corrected chi connectivity index (χ4v) is 4.36. The van der Waals surface area contributed by atoms with E-state index in [0.717, 1.165) is 11.1 Å². The van der Waals surface area contributed by atoms with Gasteiger partial charge in [-0.25, -0.2) is 4.79 Å². The van der Waals surface area contributed by atoms with Gasteiger partial charge >= 0.3 is 12.1 Å². The summed E-state index contributed by atoms with van der Waals surface area (Å²) < 4.78 is 5.59. The number of fused-ring (bicyclic) bond motifs is 3. The summed E-state index contributed by atoms with van der Waals surface area (Å²) in [5.41, 5.74) is 3.65. The molecule has 2 aromatic carbocycles. The molecule has 0 saturated carbocycles. The van der Waals surface area contributed by atoms with E-state index in [-0.39, 0.29) is 43.2 Å². The van der Waals surface area contributed by atoms with Crippen molar-refractivity contribution in [2.45, 2.75) is 46.5 Å². The molecule has 0 radical (unpaired) electrons. The van der Waals surface area contributed by atoms with Crippen LogP contribution >= 0.6 is 0 Å². The lowest BCUT2D eigenvalue weighted by Gasteiger charge is -2.25. The van der Waals surface area contributed by atoms with Crippen molar-refractivity contribution >= 4 is 18.0 Å². The molecule has 2 amide bonds. The lowest BCUT2D eigenvalue weighted by molar-refractivity contribution is -0.148. The number of hydrogen-bond donors (Lipinski definition) is 3. The fourth-order valence-electron chi connectivity index (χ4n) is 4.36. The molecule has 2 unspecified atom stereocenters. The third kappa shape index (κ3) is 6.21. The summed E-state index contributed by atoms with van der Waals surface area (Å²) in [5.74, 6) is -1.13. The summed E-state index contributed by atoms with van der Waals surface area (Å²) in [5, 5.41) is 14.9. The zero-order valence-electron chi connectivity index (χ0n) is 21.0. The molecule has 188 valence electrons. The zero-order valence-corrected chi connectivity index (χ0v) is 21.0. The molecular weight excluding hydrogens is 444 g/mol. The van der Waals surface area contributed by atoms with Gasteiger partial charge in [-0.2, -0.15) is 0 Å². The van der Waals surface area contributed by atoms with E-state index in [2.05, 4.69) is 34.9 Å². The van der Waals surface area contributed by atoms with Gasteiger partial charge in [0.2, 0.25) is 5.91 Å². The first-order chi connectivity index (χ1) is 16.7. The Bertz CT molecular complexity index is 1020. The molecule has 1 aliphatic carbocycles. The minimum atomic E-state index is -0.998. The van der Waals surface area contributed by atoms with Gasteiger partial charge in [-0.05, 0) is 47.4 Å². The van der Waals surface area contributed by atoms with Crippen molar-refractivity contribution in [2.24, 2.45) is 17.3 Å². The number of nitrogens with one attached hydrogen (secondary N) is 2. The molecule has 2 atom stereocenters. The van der Waals surface area contributed by atoms with Crippen LogP contribution in [0.25, 0.3) is 11.1 Å². The van der Waals surface area contributed by atoms with E-state index in [1.54, 1.807) is 13.8 Å². The number of carboxylic acids is 1. The van der Waals surface area contributed by atoms with Gasteiger partial charge in [-0.15, -0.1) is 0 Å². The number of hydrogen-bond acceptors (Lipinski definition) is 4. The highest BCUT2D eigenvalue weighted by molar-refractivity contribution is 5.80. The van der Waals surface area contributed by atoms with Gasteiger partial charge in [-0.1, -0.05) is 69.3 Å². The average molecular weight is 481 g/mol. The van der Waals surface area contributed by atoms with E-state index >= 15 is 0 Å². The van der Waals surface area contributed by atoms with Crippen molar-refractivity contribution in [3.63, 3.8) is 0 Å². The van der Waals surface area contributed by atoms with Crippen LogP contribution in [0.2, 0.25) is 0 Å². The number of benzene rings is 2. The molecule has 7 nitrogen and oxygen atoms in total. The Morgan fingerprint density at radius 2 is 1.57 bits per heavy atom. The second kappa shape index (κ2) is 11.4. The minimum absolute atomic E-state index is 0.0121. The molecule has 0 aromatic heterocycles. The van der Waals surface area contributed by atoms with Crippen molar-refractivity contribution in [1.29, 1.82) is 0 Å². The van der Waals surface area contributed by atoms with Crippen LogP contribution in [-0.4, -0.2) is 42.8 Å². The molecule has 0 aliphatic heterocycles. The normalized spacial score (nSPS) is 15.0. The van der Waals surface area contributed by atoms with Gasteiger partial charge < -0.3 is 20.5 Å². The maximum atomic E-state index is 12.5. The highest BCUT2D eigenvalue weighted by Crippen LogP contribution is 2.44. The first-order valence-corrected chi connectivity index (χ1v) is 12.2. The molecule has 0 bridgehead atoms. The molecule has 1 aliphatic rings. The van der Waals surface area contributed by atoms with Gasteiger partial charge in [0.1, 0.15) is 6.61 Å². The molecular formula is C28H36N2O5. The van der Waals surface area contributed by atoms with Crippen LogP contribution in [0.3, 0.4) is 0 Å². The number of rotatable bonds is 11. The van der Waals surface area contributed by atoms with Crippen molar-refractivity contribution < 1.29 is 24.2 Å². The quantitative estimate of drug-likeness (QED) is 0.428. The Labute approximate surface area is 207 Å². The largest absolute Gasteiger partial charge is 0.481 e. The van der Waals surface area contributed by atoms with Crippen LogP contribution < -0.4 is 10.6 Å². The van der Waals surface area contributed by atoms with E-state index in [0.29, 0.717) is 13.0 Å². The molecule has 0 saturated heterocycles. The first kappa shape index (κ1) is 26.3. The van der Waals surface area contributed by atoms with E-state index in [9.17, 15) is 19.5 Å². The standard InChI is InChI=1S/C28H36N2O5/c1-5-28(4,26(32)33)17-30-25(31)14-19(18(2)3)15-29-27(34)35-16-24-22-12-8-6-10-20(22)21-11-7-9-13-23(21)24/h6-13,18-19,24H,5,14-17H2,1-4H3,(H,29,34)(H,30,31)(H,32,33). The van der Waals surface area contributed by atoms with Crippen LogP contribution in [0.4, 0.5) is 4.79 Å². The summed E-state index contributed by atoms with van der Waals surface area (Å²) in [7, 11) is 0. The highest BCUT2D eigenvalue weighted by Gasteiger charge is 2.32. The SMILES string of the molecule is CCC(C)(CNC(=O)CC(CNC(=O)OCC1c2ccccc2-c2ccccc21)C(C)C)C(=O)O. The topological polar surface area (TPSA) is 105 Å². The predicted octanol–water partition coefficient (Wildman–Crippen LogP) is 4.80. The highest BCUT2D eigenvalue weighted by atomic mass is 16.5. The van der Waals surface area contributed by atoms with Gasteiger partial charge in [0.15, 0.2) is 0 Å². The first-order valence-electron chi connectivity index (χ1n) is 12.2. The maximum Gasteiger partial charge on any atom is 0.407 e.